The second-order valence-corrected chi connectivity index (χ2v) is 9.29. The van der Waals surface area contributed by atoms with Crippen LogP contribution in [0.5, 0.6) is 5.75 Å². The molecule has 3 heterocycles. The van der Waals surface area contributed by atoms with Gasteiger partial charge in [-0.25, -0.2) is 18.7 Å². The highest BCUT2D eigenvalue weighted by Gasteiger charge is 2.32. The molecule has 2 amide bonds. The SMILES string of the molecule is C[NH+]1CCC(C(=O)NC(=O)c2c(F)ccc(OCc3nc4cc(C(F)(F)F)cnc4s3)c2F)CC1. The van der Waals surface area contributed by atoms with Crippen LogP contribution in [0.3, 0.4) is 0 Å². The Labute approximate surface area is 199 Å². The van der Waals surface area contributed by atoms with Crippen LogP contribution in [0.25, 0.3) is 10.3 Å². The summed E-state index contributed by atoms with van der Waals surface area (Å²) in [7, 11) is 1.99. The Morgan fingerprint density at radius 1 is 1.23 bits per heavy atom. The zero-order chi connectivity index (χ0) is 25.3. The maximum absolute atomic E-state index is 14.9. The van der Waals surface area contributed by atoms with Crippen LogP contribution in [-0.4, -0.2) is 41.9 Å². The zero-order valence-corrected chi connectivity index (χ0v) is 19.2. The first-order valence-electron chi connectivity index (χ1n) is 10.6. The molecule has 3 aromatic rings. The number of thiazole rings is 1. The molecule has 1 fully saturated rings. The highest BCUT2D eigenvalue weighted by atomic mass is 32.1. The summed E-state index contributed by atoms with van der Waals surface area (Å²) in [6.45, 7) is 1.14. The van der Waals surface area contributed by atoms with Crippen molar-refractivity contribution in [3.05, 3.63) is 52.2 Å². The first kappa shape index (κ1) is 24.9. The van der Waals surface area contributed by atoms with Crippen molar-refractivity contribution in [2.45, 2.75) is 25.6 Å². The number of likely N-dealkylation sites (tertiary alicyclic amines) is 1. The number of carbonyl (C=O) groups excluding carboxylic acids is 2. The van der Waals surface area contributed by atoms with Crippen LogP contribution in [0.2, 0.25) is 0 Å². The van der Waals surface area contributed by atoms with E-state index >= 15 is 0 Å². The van der Waals surface area contributed by atoms with Gasteiger partial charge in [-0.2, -0.15) is 13.2 Å². The van der Waals surface area contributed by atoms with Crippen molar-refractivity contribution in [3.63, 3.8) is 0 Å². The van der Waals surface area contributed by atoms with Crippen LogP contribution in [-0.2, 0) is 17.6 Å². The van der Waals surface area contributed by atoms with Gasteiger partial charge in [-0.1, -0.05) is 11.3 Å². The molecule has 13 heteroatoms. The van der Waals surface area contributed by atoms with Crippen molar-refractivity contribution in [2.24, 2.45) is 5.92 Å². The lowest BCUT2D eigenvalue weighted by Crippen LogP contribution is -3.10. The number of carbonyl (C=O) groups is 2. The number of fused-ring (bicyclic) bond motifs is 1. The van der Waals surface area contributed by atoms with E-state index in [1.54, 1.807) is 0 Å². The molecular weight excluding hydrogens is 495 g/mol. The number of nitrogens with one attached hydrogen (secondary N) is 2. The quantitative estimate of drug-likeness (QED) is 0.403. The fourth-order valence-corrected chi connectivity index (χ4v) is 4.53. The predicted octanol–water partition coefficient (Wildman–Crippen LogP) is 2.75. The Morgan fingerprint density at radius 2 is 1.94 bits per heavy atom. The van der Waals surface area contributed by atoms with Crippen molar-refractivity contribution in [1.29, 1.82) is 0 Å². The van der Waals surface area contributed by atoms with E-state index in [1.165, 1.54) is 4.90 Å². The number of hydrogen-bond donors (Lipinski definition) is 2. The summed E-state index contributed by atoms with van der Waals surface area (Å²) in [5.74, 6) is -5.18. The van der Waals surface area contributed by atoms with Crippen LogP contribution in [0.15, 0.2) is 24.4 Å². The van der Waals surface area contributed by atoms with E-state index in [0.717, 1.165) is 42.6 Å². The Kier molecular flexibility index (Phi) is 6.99. The highest BCUT2D eigenvalue weighted by molar-refractivity contribution is 7.18. The first-order chi connectivity index (χ1) is 16.5. The van der Waals surface area contributed by atoms with Gasteiger partial charge in [-0.15, -0.1) is 0 Å². The number of aromatic nitrogens is 2. The average molecular weight is 515 g/mol. The number of alkyl halides is 3. The van der Waals surface area contributed by atoms with Crippen LogP contribution in [0.4, 0.5) is 22.0 Å². The van der Waals surface area contributed by atoms with Gasteiger partial charge < -0.3 is 9.64 Å². The number of hydrogen-bond acceptors (Lipinski definition) is 6. The summed E-state index contributed by atoms with van der Waals surface area (Å²) in [5.41, 5.74) is -1.92. The lowest BCUT2D eigenvalue weighted by Gasteiger charge is -2.25. The van der Waals surface area contributed by atoms with E-state index in [1.807, 2.05) is 7.05 Å². The number of piperidine rings is 1. The van der Waals surface area contributed by atoms with Gasteiger partial charge >= 0.3 is 6.18 Å². The summed E-state index contributed by atoms with van der Waals surface area (Å²) in [5, 5.41) is 2.26. The molecule has 2 N–H and O–H groups in total. The number of nitrogens with zero attached hydrogens (tertiary/aromatic N) is 2. The summed E-state index contributed by atoms with van der Waals surface area (Å²) in [6.07, 6.45) is -2.78. The molecule has 7 nitrogen and oxygen atoms in total. The Bertz CT molecular complexity index is 1270. The minimum atomic E-state index is -4.58. The number of amides is 2. The molecule has 186 valence electrons. The van der Waals surface area contributed by atoms with E-state index in [9.17, 15) is 31.5 Å². The van der Waals surface area contributed by atoms with E-state index in [2.05, 4.69) is 15.3 Å². The molecular formula is C22H20F5N4O3S+. The minimum Gasteiger partial charge on any atom is -0.483 e. The molecule has 35 heavy (non-hydrogen) atoms. The van der Waals surface area contributed by atoms with Crippen molar-refractivity contribution in [2.75, 3.05) is 20.1 Å². The van der Waals surface area contributed by atoms with E-state index in [-0.39, 0.29) is 22.0 Å². The molecule has 1 aliphatic rings. The number of imide groups is 1. The van der Waals surface area contributed by atoms with E-state index in [0.29, 0.717) is 19.0 Å². The number of halogens is 5. The maximum Gasteiger partial charge on any atom is 0.417 e. The van der Waals surface area contributed by atoms with Gasteiger partial charge in [0.25, 0.3) is 5.91 Å². The lowest BCUT2D eigenvalue weighted by molar-refractivity contribution is -0.885. The minimum absolute atomic E-state index is 0.00270. The third kappa shape index (κ3) is 5.56. The average Bonchev–Trinajstić information content (AvgIpc) is 3.20. The Balaban J connectivity index is 1.47. The molecule has 0 radical (unpaired) electrons. The molecule has 0 saturated carbocycles. The molecule has 1 aromatic carbocycles. The van der Waals surface area contributed by atoms with Crippen molar-refractivity contribution < 1.29 is 41.2 Å². The van der Waals surface area contributed by atoms with E-state index in [4.69, 9.17) is 4.74 Å². The van der Waals surface area contributed by atoms with Gasteiger partial charge in [-0.3, -0.25) is 14.9 Å². The molecule has 1 saturated heterocycles. The van der Waals surface area contributed by atoms with Gasteiger partial charge in [0.2, 0.25) is 5.91 Å². The smallest absolute Gasteiger partial charge is 0.417 e. The van der Waals surface area contributed by atoms with Gasteiger partial charge in [-0.05, 0) is 18.2 Å². The molecule has 0 unspecified atom stereocenters. The summed E-state index contributed by atoms with van der Waals surface area (Å²) in [4.78, 5) is 34.1. The third-order valence-corrected chi connectivity index (χ3v) is 6.65. The first-order valence-corrected chi connectivity index (χ1v) is 11.4. The van der Waals surface area contributed by atoms with Gasteiger partial charge in [0, 0.05) is 25.0 Å². The molecule has 0 atom stereocenters. The largest absolute Gasteiger partial charge is 0.483 e. The number of pyridine rings is 1. The fraction of sp³-hybridized carbons (Fsp3) is 0.364. The Morgan fingerprint density at radius 3 is 2.63 bits per heavy atom. The second kappa shape index (κ2) is 9.82. The van der Waals surface area contributed by atoms with Crippen molar-refractivity contribution in [3.8, 4) is 5.75 Å². The maximum atomic E-state index is 14.9. The zero-order valence-electron chi connectivity index (χ0n) is 18.3. The summed E-state index contributed by atoms with van der Waals surface area (Å²) >= 11 is 0.943. The van der Waals surface area contributed by atoms with Crippen LogP contribution < -0.4 is 15.0 Å². The molecule has 0 bridgehead atoms. The standard InChI is InChI=1S/C22H19F5N4O3S/c1-31-6-4-11(5-7-31)19(32)30-20(33)17-13(23)2-3-15(18(17)24)34-10-16-29-14-8-12(22(25,26)27)9-28-21(14)35-16/h2-3,8-9,11H,4-7,10H2,1H3,(H,30,32,33)/p+1. The van der Waals surface area contributed by atoms with Crippen molar-refractivity contribution in [1.82, 2.24) is 15.3 Å². The van der Waals surface area contributed by atoms with Crippen LogP contribution in [0.1, 0.15) is 33.8 Å². The lowest BCUT2D eigenvalue weighted by atomic mass is 9.96. The van der Waals surface area contributed by atoms with E-state index < -0.39 is 52.4 Å². The normalized spacial score (nSPS) is 18.5. The monoisotopic (exact) mass is 515 g/mol. The number of ether oxygens (including phenoxy) is 1. The molecule has 0 spiro atoms. The van der Waals surface area contributed by atoms with Crippen molar-refractivity contribution >= 4 is 33.5 Å². The molecule has 0 aliphatic carbocycles. The number of benzene rings is 1. The third-order valence-electron chi connectivity index (χ3n) is 5.70. The second-order valence-electron chi connectivity index (χ2n) is 8.23. The topological polar surface area (TPSA) is 85.6 Å². The van der Waals surface area contributed by atoms with Gasteiger partial charge in [0.1, 0.15) is 33.3 Å². The summed E-state index contributed by atoms with van der Waals surface area (Å²) in [6, 6.07) is 2.63. The number of rotatable bonds is 5. The molecule has 4 rings (SSSR count). The van der Waals surface area contributed by atoms with Crippen LogP contribution in [0, 0.1) is 17.6 Å². The fourth-order valence-electron chi connectivity index (χ4n) is 3.73. The Hall–Kier alpha value is -3.19. The predicted molar refractivity (Wildman–Crippen MR) is 115 cm³/mol. The molecule has 2 aromatic heterocycles. The van der Waals surface area contributed by atoms with Crippen LogP contribution >= 0.6 is 11.3 Å². The molecule has 1 aliphatic heterocycles. The highest BCUT2D eigenvalue weighted by Crippen LogP contribution is 2.32. The van der Waals surface area contributed by atoms with Gasteiger partial charge in [0.05, 0.1) is 25.7 Å². The number of quaternary nitrogens is 1. The van der Waals surface area contributed by atoms with Gasteiger partial charge in [0.15, 0.2) is 11.6 Å². The summed E-state index contributed by atoms with van der Waals surface area (Å²) < 4.78 is 73.1.